The van der Waals surface area contributed by atoms with Crippen LogP contribution in [-0.2, 0) is 15.8 Å². The quantitative estimate of drug-likeness (QED) is 0.757. The minimum atomic E-state index is -0.127. The molecule has 2 nitrogen and oxygen atoms in total. The highest BCUT2D eigenvalue weighted by Gasteiger charge is 2.42. The van der Waals surface area contributed by atoms with Crippen molar-refractivity contribution in [2.24, 2.45) is 5.41 Å². The number of rotatable bonds is 3. The Morgan fingerprint density at radius 1 is 1.20 bits per heavy atom. The minimum absolute atomic E-state index is 0.121. The number of ether oxygens (including phenoxy) is 1. The maximum Gasteiger partial charge on any atom is 0.125 e. The van der Waals surface area contributed by atoms with Crippen LogP contribution in [0, 0.1) is 5.41 Å². The summed E-state index contributed by atoms with van der Waals surface area (Å²) in [6.07, 6.45) is 4.64. The monoisotopic (exact) mass is 295 g/mol. The van der Waals surface area contributed by atoms with E-state index in [1.807, 2.05) is 0 Å². The summed E-state index contributed by atoms with van der Waals surface area (Å²) in [5, 5.41) is 3.41. The van der Waals surface area contributed by atoms with Gasteiger partial charge < -0.3 is 4.74 Å². The average Bonchev–Trinajstić information content (AvgIpc) is 2.82. The summed E-state index contributed by atoms with van der Waals surface area (Å²) in [6.45, 7) is 14.3. The number of hydrogen-bond donors (Lipinski definition) is 0. The molecule has 3 heteroatoms. The van der Waals surface area contributed by atoms with Crippen molar-refractivity contribution < 1.29 is 4.74 Å². The van der Waals surface area contributed by atoms with Crippen molar-refractivity contribution in [3.8, 4) is 0 Å². The first kappa shape index (κ1) is 16.0. The zero-order chi connectivity index (χ0) is 15.0. The van der Waals surface area contributed by atoms with Crippen molar-refractivity contribution in [3.05, 3.63) is 16.1 Å². The Kier molecular flexibility index (Phi) is 4.32. The molecule has 0 N–H and O–H groups in total. The normalized spacial score (nSPS) is 21.9. The summed E-state index contributed by atoms with van der Waals surface area (Å²) in [5.74, 6) is 0. The van der Waals surface area contributed by atoms with Gasteiger partial charge in [-0.3, -0.25) is 0 Å². The van der Waals surface area contributed by atoms with Gasteiger partial charge in [0.05, 0.1) is 5.69 Å². The maximum absolute atomic E-state index is 6.22. The Labute approximate surface area is 128 Å². The van der Waals surface area contributed by atoms with Crippen molar-refractivity contribution >= 4 is 11.3 Å². The smallest absolute Gasteiger partial charge is 0.125 e. The van der Waals surface area contributed by atoms with Crippen molar-refractivity contribution in [1.29, 1.82) is 0 Å². The lowest BCUT2D eigenvalue weighted by atomic mass is 9.71. The van der Waals surface area contributed by atoms with Gasteiger partial charge in [0, 0.05) is 17.4 Å². The highest BCUT2D eigenvalue weighted by atomic mass is 32.1. The molecule has 0 bridgehead atoms. The molecule has 0 spiro atoms. The van der Waals surface area contributed by atoms with E-state index in [0.717, 1.165) is 19.4 Å². The summed E-state index contributed by atoms with van der Waals surface area (Å²) in [6, 6.07) is 0. The van der Waals surface area contributed by atoms with E-state index in [1.165, 1.54) is 23.5 Å². The van der Waals surface area contributed by atoms with Crippen LogP contribution in [0.15, 0.2) is 5.38 Å². The first-order valence-corrected chi connectivity index (χ1v) is 8.67. The molecule has 1 aromatic rings. The molecule has 1 aliphatic carbocycles. The number of aromatic nitrogens is 1. The third-order valence-electron chi connectivity index (χ3n) is 4.49. The van der Waals surface area contributed by atoms with Crippen LogP contribution in [0.3, 0.4) is 0 Å². The topological polar surface area (TPSA) is 22.1 Å². The molecule has 0 radical (unpaired) electrons. The summed E-state index contributed by atoms with van der Waals surface area (Å²) in [7, 11) is 0. The SMILES string of the molecule is CCOC1(c2nc(C(C)(C)C)cs2)CCC(C)(C)CC1. The summed E-state index contributed by atoms with van der Waals surface area (Å²) < 4.78 is 6.22. The van der Waals surface area contributed by atoms with Crippen LogP contribution in [-0.4, -0.2) is 11.6 Å². The van der Waals surface area contributed by atoms with Gasteiger partial charge in [-0.05, 0) is 38.0 Å². The Morgan fingerprint density at radius 3 is 2.25 bits per heavy atom. The van der Waals surface area contributed by atoms with Gasteiger partial charge in [0.15, 0.2) is 0 Å². The van der Waals surface area contributed by atoms with Gasteiger partial charge in [-0.1, -0.05) is 34.6 Å². The van der Waals surface area contributed by atoms with Gasteiger partial charge in [0.1, 0.15) is 10.6 Å². The Bertz CT molecular complexity index is 446. The zero-order valence-corrected chi connectivity index (χ0v) is 14.7. The number of hydrogen-bond acceptors (Lipinski definition) is 3. The van der Waals surface area contributed by atoms with Crippen LogP contribution in [0.2, 0.25) is 0 Å². The molecule has 0 amide bonds. The molecule has 0 aliphatic heterocycles. The van der Waals surface area contributed by atoms with E-state index in [4.69, 9.17) is 9.72 Å². The van der Waals surface area contributed by atoms with E-state index in [2.05, 4.69) is 46.9 Å². The molecule has 1 fully saturated rings. The second-order valence-corrected chi connectivity index (χ2v) is 8.74. The Balaban J connectivity index is 2.27. The molecule has 0 aromatic carbocycles. The molecule has 1 heterocycles. The largest absolute Gasteiger partial charge is 0.368 e. The summed E-state index contributed by atoms with van der Waals surface area (Å²) >= 11 is 1.79. The molecule has 0 atom stereocenters. The van der Waals surface area contributed by atoms with Gasteiger partial charge in [-0.2, -0.15) is 0 Å². The fraction of sp³-hybridized carbons (Fsp3) is 0.824. The highest BCUT2D eigenvalue weighted by molar-refractivity contribution is 7.09. The average molecular weight is 295 g/mol. The molecule has 2 rings (SSSR count). The lowest BCUT2D eigenvalue weighted by Gasteiger charge is -2.42. The van der Waals surface area contributed by atoms with Gasteiger partial charge in [-0.15, -0.1) is 11.3 Å². The molecular formula is C17H29NOS. The highest BCUT2D eigenvalue weighted by Crippen LogP contribution is 2.48. The van der Waals surface area contributed by atoms with E-state index < -0.39 is 0 Å². The van der Waals surface area contributed by atoms with Crippen LogP contribution in [0.25, 0.3) is 0 Å². The number of thiazole rings is 1. The van der Waals surface area contributed by atoms with Crippen LogP contribution >= 0.6 is 11.3 Å². The molecule has 1 aromatic heterocycles. The van der Waals surface area contributed by atoms with Crippen LogP contribution < -0.4 is 0 Å². The molecule has 114 valence electrons. The van der Waals surface area contributed by atoms with E-state index in [0.29, 0.717) is 5.41 Å². The van der Waals surface area contributed by atoms with Gasteiger partial charge >= 0.3 is 0 Å². The summed E-state index contributed by atoms with van der Waals surface area (Å²) in [5.41, 5.74) is 1.64. The van der Waals surface area contributed by atoms with E-state index >= 15 is 0 Å². The Morgan fingerprint density at radius 2 is 1.80 bits per heavy atom. The van der Waals surface area contributed by atoms with E-state index in [9.17, 15) is 0 Å². The third kappa shape index (κ3) is 3.25. The standard InChI is InChI=1S/C17H29NOS/c1-7-19-17(10-8-16(5,6)9-11-17)14-18-13(12-20-14)15(2,3)4/h12H,7-11H2,1-6H3. The van der Waals surface area contributed by atoms with Crippen molar-refractivity contribution in [2.75, 3.05) is 6.61 Å². The third-order valence-corrected chi connectivity index (χ3v) is 5.52. The fourth-order valence-electron chi connectivity index (χ4n) is 2.85. The Hall–Kier alpha value is -0.410. The van der Waals surface area contributed by atoms with Crippen molar-refractivity contribution in [1.82, 2.24) is 4.98 Å². The lowest BCUT2D eigenvalue weighted by molar-refractivity contribution is -0.0891. The molecule has 0 unspecified atom stereocenters. The van der Waals surface area contributed by atoms with Gasteiger partial charge in [-0.25, -0.2) is 4.98 Å². The molecule has 1 saturated carbocycles. The van der Waals surface area contributed by atoms with E-state index in [-0.39, 0.29) is 11.0 Å². The molecular weight excluding hydrogens is 266 g/mol. The zero-order valence-electron chi connectivity index (χ0n) is 13.9. The summed E-state index contributed by atoms with van der Waals surface area (Å²) in [4.78, 5) is 4.94. The number of nitrogens with zero attached hydrogens (tertiary/aromatic N) is 1. The van der Waals surface area contributed by atoms with Crippen molar-refractivity contribution in [3.63, 3.8) is 0 Å². The second kappa shape index (κ2) is 5.42. The molecule has 0 saturated heterocycles. The van der Waals surface area contributed by atoms with Crippen molar-refractivity contribution in [2.45, 2.75) is 78.2 Å². The first-order valence-electron chi connectivity index (χ1n) is 7.79. The predicted molar refractivity (Wildman–Crippen MR) is 86.4 cm³/mol. The predicted octanol–water partition coefficient (Wildman–Crippen LogP) is 5.27. The molecule has 20 heavy (non-hydrogen) atoms. The minimum Gasteiger partial charge on any atom is -0.368 e. The van der Waals surface area contributed by atoms with Crippen LogP contribution in [0.1, 0.15) is 77.9 Å². The van der Waals surface area contributed by atoms with Crippen LogP contribution in [0.4, 0.5) is 0 Å². The lowest BCUT2D eigenvalue weighted by Crippen LogP contribution is -2.37. The first-order chi connectivity index (χ1) is 9.19. The molecule has 1 aliphatic rings. The van der Waals surface area contributed by atoms with Crippen LogP contribution in [0.5, 0.6) is 0 Å². The second-order valence-electron chi connectivity index (χ2n) is 7.88. The van der Waals surface area contributed by atoms with Gasteiger partial charge in [0.25, 0.3) is 0 Å². The maximum atomic E-state index is 6.22. The van der Waals surface area contributed by atoms with E-state index in [1.54, 1.807) is 11.3 Å². The van der Waals surface area contributed by atoms with Gasteiger partial charge in [0.2, 0.25) is 0 Å². The fourth-order valence-corrected chi connectivity index (χ4v) is 4.11.